The molecule has 0 aromatic heterocycles. The van der Waals surface area contributed by atoms with E-state index in [1.165, 1.54) is 13.8 Å². The van der Waals surface area contributed by atoms with Crippen LogP contribution in [0.15, 0.2) is 96.9 Å². The minimum atomic E-state index is -5.09. The Kier molecular flexibility index (Phi) is 12.9. The summed E-state index contributed by atoms with van der Waals surface area (Å²) in [5.41, 5.74) is 6.44. The van der Waals surface area contributed by atoms with E-state index in [2.05, 4.69) is 5.32 Å². The average Bonchev–Trinajstić information content (AvgIpc) is 3.01. The van der Waals surface area contributed by atoms with Gasteiger partial charge in [-0.3, -0.25) is 4.55 Å². The number of rotatable bonds is 7. The summed E-state index contributed by atoms with van der Waals surface area (Å²) in [6.45, 7) is 10.7. The van der Waals surface area contributed by atoms with E-state index in [0.717, 1.165) is 34.5 Å². The maximum absolute atomic E-state index is 12.7. The van der Waals surface area contributed by atoms with Crippen molar-refractivity contribution < 1.29 is 102 Å². The van der Waals surface area contributed by atoms with E-state index in [1.807, 2.05) is 32.9 Å². The molecule has 0 spiro atoms. The number of nitrogens with zero attached hydrogens (tertiary/aromatic N) is 1. The second-order valence-corrected chi connectivity index (χ2v) is 16.8. The van der Waals surface area contributed by atoms with Crippen molar-refractivity contribution >= 4 is 58.4 Å². The van der Waals surface area contributed by atoms with E-state index in [-0.39, 0.29) is 92.0 Å². The molecule has 0 bridgehead atoms. The Bertz CT molecular complexity index is 2850. The first-order valence-electron chi connectivity index (χ1n) is 15.7. The van der Waals surface area contributed by atoms with Crippen molar-refractivity contribution in [3.8, 4) is 22.5 Å². The third-order valence-corrected chi connectivity index (χ3v) is 11.6. The number of fused-ring (bicyclic) bond motifs is 2. The first-order chi connectivity index (χ1) is 24.1. The molecule has 2 N–H and O–H groups in total. The number of hydrogen-bond donors (Lipinski definition) is 2. The van der Waals surface area contributed by atoms with Crippen LogP contribution in [0.25, 0.3) is 33.4 Å². The van der Waals surface area contributed by atoms with Crippen molar-refractivity contribution in [1.29, 1.82) is 0 Å². The molecule has 0 amide bonds. The largest absolute Gasteiger partial charge is 1.00 e. The van der Waals surface area contributed by atoms with Gasteiger partial charge in [0.1, 0.15) is 36.5 Å². The zero-order valence-corrected chi connectivity index (χ0v) is 37.2. The second kappa shape index (κ2) is 15.9. The molecule has 1 aliphatic heterocycles. The minimum Gasteiger partial charge on any atom is -0.744 e. The molecule has 0 radical (unpaired) electrons. The summed E-state index contributed by atoms with van der Waals surface area (Å²) in [7, 11) is -15.0. The van der Waals surface area contributed by atoms with Gasteiger partial charge in [-0.05, 0) is 106 Å². The van der Waals surface area contributed by atoms with Gasteiger partial charge in [0.15, 0.2) is 0 Å². The Morgan fingerprint density at radius 3 is 1.91 bits per heavy atom. The topological polar surface area (TPSA) is 206 Å². The molecule has 6 rings (SSSR count). The fourth-order valence-electron chi connectivity index (χ4n) is 6.76. The fraction of sp³-hybridized carbons (Fsp3) is 0.162. The third-order valence-electron chi connectivity index (χ3n) is 8.79. The van der Waals surface area contributed by atoms with Crippen molar-refractivity contribution in [3.63, 3.8) is 0 Å². The van der Waals surface area contributed by atoms with Crippen LogP contribution in [0.3, 0.4) is 0 Å². The van der Waals surface area contributed by atoms with Gasteiger partial charge < -0.3 is 18.8 Å². The van der Waals surface area contributed by atoms with Gasteiger partial charge in [-0.15, -0.1) is 0 Å². The molecule has 0 fully saturated rings. The zero-order chi connectivity index (χ0) is 38.1. The predicted octanol–water partition coefficient (Wildman–Crippen LogP) is 1.09. The van der Waals surface area contributed by atoms with Crippen LogP contribution >= 0.6 is 0 Å². The van der Waals surface area contributed by atoms with Gasteiger partial charge in [-0.2, -0.15) is 8.42 Å². The molecule has 4 aromatic rings. The van der Waals surface area contributed by atoms with Crippen molar-refractivity contribution in [1.82, 2.24) is 0 Å². The Hall–Kier alpha value is -2.90. The number of aryl methyl sites for hydroxylation is 5. The van der Waals surface area contributed by atoms with Gasteiger partial charge in [0.25, 0.3) is 10.1 Å². The van der Waals surface area contributed by atoms with E-state index < -0.39 is 40.1 Å². The van der Waals surface area contributed by atoms with Crippen LogP contribution in [-0.4, -0.2) is 38.9 Å². The minimum absolute atomic E-state index is 0. The molecule has 54 heavy (non-hydrogen) atoms. The van der Waals surface area contributed by atoms with Gasteiger partial charge >= 0.3 is 59.1 Å². The molecular formula is C37H32N2Na2O10S3. The molecule has 17 heteroatoms. The molecule has 0 unspecified atom stereocenters. The summed E-state index contributed by atoms with van der Waals surface area (Å²) in [6, 6.07) is 18.1. The summed E-state index contributed by atoms with van der Waals surface area (Å²) in [5, 5.41) is 4.03. The molecule has 1 aliphatic carbocycles. The molecule has 1 heterocycles. The molecule has 0 atom stereocenters. The quantitative estimate of drug-likeness (QED) is 0.133. The maximum Gasteiger partial charge on any atom is 1.00 e. The first-order valence-corrected chi connectivity index (χ1v) is 19.9. The summed E-state index contributed by atoms with van der Waals surface area (Å²) in [6.07, 6.45) is 0. The Morgan fingerprint density at radius 2 is 1.31 bits per heavy atom. The van der Waals surface area contributed by atoms with Gasteiger partial charge in [0, 0.05) is 45.6 Å². The van der Waals surface area contributed by atoms with Crippen LogP contribution in [0.2, 0.25) is 0 Å². The summed E-state index contributed by atoms with van der Waals surface area (Å²) >= 11 is 0. The smallest absolute Gasteiger partial charge is 0.744 e. The monoisotopic (exact) mass is 806 g/mol. The van der Waals surface area contributed by atoms with Crippen LogP contribution in [-0.2, 0) is 30.4 Å². The van der Waals surface area contributed by atoms with Crippen molar-refractivity contribution in [2.75, 3.05) is 5.32 Å². The zero-order valence-electron chi connectivity index (χ0n) is 30.7. The van der Waals surface area contributed by atoms with Crippen LogP contribution in [0, 0.1) is 41.5 Å². The van der Waals surface area contributed by atoms with E-state index in [0.29, 0.717) is 44.9 Å². The fourth-order valence-corrected chi connectivity index (χ4v) is 8.99. The molecule has 4 aromatic carbocycles. The molecule has 0 saturated carbocycles. The molecular weight excluding hydrogens is 775 g/mol. The number of benzene rings is 5. The maximum atomic E-state index is 12.7. The van der Waals surface area contributed by atoms with Gasteiger partial charge in [-0.25, -0.2) is 21.8 Å². The van der Waals surface area contributed by atoms with Crippen LogP contribution in [0.1, 0.15) is 33.4 Å². The summed E-state index contributed by atoms with van der Waals surface area (Å²) in [4.78, 5) is 2.86. The molecule has 2 aliphatic rings. The predicted molar refractivity (Wildman–Crippen MR) is 194 cm³/mol. The number of anilines is 2. The standard InChI is InChI=1S/C37H34N2O10S3.2Na/c1-19-13-20(2)35(21(3)14-19)38-25-7-10-28-31(16-25)49-32-17-26(39-36-22(4)15-23(5)37(24(36)6)52(46,47)48)8-11-29(32)34(28)30-12-9-27(50(40,41)42)18-33(30)51(43,44)45;;/h7-18,39H,1-6H3,(H,40,41,42)(H,43,44,45)(H,46,47,48);;/q;2*+1/p-2. The van der Waals surface area contributed by atoms with Gasteiger partial charge in [-0.1, -0.05) is 29.8 Å². The summed E-state index contributed by atoms with van der Waals surface area (Å²) < 4.78 is 114. The number of nitrogens with one attached hydrogen (secondary N) is 1. The molecule has 0 saturated heterocycles. The summed E-state index contributed by atoms with van der Waals surface area (Å²) in [5.74, 6) is 0.243. The third kappa shape index (κ3) is 8.73. The SMILES string of the molecule is Cc1cc(C)c(N=c2ccc3c(-c4ccc(S(=O)(=O)[O-])cc4S(=O)(=O)O)c4ccc(Nc5c(C)cc(C)c(S(=O)(=O)[O-])c5C)cc4oc-3c2)c(C)c1.[Na+].[Na+]. The second-order valence-electron chi connectivity index (χ2n) is 12.7. The number of hydrogen-bond acceptors (Lipinski definition) is 11. The van der Waals surface area contributed by atoms with E-state index >= 15 is 0 Å². The molecule has 270 valence electrons. The van der Waals surface area contributed by atoms with Crippen LogP contribution in [0.4, 0.5) is 17.1 Å². The van der Waals surface area contributed by atoms with E-state index in [1.54, 1.807) is 49.4 Å². The van der Waals surface area contributed by atoms with E-state index in [4.69, 9.17) is 9.41 Å². The van der Waals surface area contributed by atoms with Crippen molar-refractivity contribution in [3.05, 3.63) is 112 Å². The normalized spacial score (nSPS) is 12.4. The molecule has 12 nitrogen and oxygen atoms in total. The van der Waals surface area contributed by atoms with Crippen LogP contribution < -0.4 is 69.8 Å². The Morgan fingerprint density at radius 1 is 0.685 bits per heavy atom. The van der Waals surface area contributed by atoms with E-state index in [9.17, 15) is 38.9 Å². The van der Waals surface area contributed by atoms with Crippen LogP contribution in [0.5, 0.6) is 0 Å². The Balaban J connectivity index is 0.00000325. The van der Waals surface area contributed by atoms with Gasteiger partial charge in [0.05, 0.1) is 20.8 Å². The Labute approximate surface area is 357 Å². The van der Waals surface area contributed by atoms with Crippen molar-refractivity contribution in [2.24, 2.45) is 4.99 Å². The first kappa shape index (κ1) is 43.8. The van der Waals surface area contributed by atoms with Gasteiger partial charge in [0.2, 0.25) is 0 Å². The van der Waals surface area contributed by atoms with Crippen molar-refractivity contribution in [2.45, 2.75) is 56.2 Å². The average molecular weight is 807 g/mol.